The maximum Gasteiger partial charge on any atom is 0.402 e. The van der Waals surface area contributed by atoms with Crippen LogP contribution in [0.3, 0.4) is 0 Å². The van der Waals surface area contributed by atoms with Gasteiger partial charge in [-0.1, -0.05) is 46.0 Å². The van der Waals surface area contributed by atoms with E-state index in [1.54, 1.807) is 0 Å². The van der Waals surface area contributed by atoms with E-state index in [-0.39, 0.29) is 17.0 Å². The first-order valence-electron chi connectivity index (χ1n) is 8.19. The summed E-state index contributed by atoms with van der Waals surface area (Å²) in [6, 6.07) is 0. The molecule has 0 bridgehead atoms. The molecule has 4 aliphatic rings. The van der Waals surface area contributed by atoms with Gasteiger partial charge in [-0.05, 0) is 24.7 Å². The van der Waals surface area contributed by atoms with E-state index in [9.17, 15) is 0 Å². The summed E-state index contributed by atoms with van der Waals surface area (Å²) >= 11 is 0. The minimum atomic E-state index is -1.33. The van der Waals surface area contributed by atoms with Crippen molar-refractivity contribution < 1.29 is 19.4 Å². The highest BCUT2D eigenvalue weighted by Gasteiger charge is 2.96. The van der Waals surface area contributed by atoms with Crippen LogP contribution in [-0.2, 0) is 9.47 Å². The van der Waals surface area contributed by atoms with E-state index in [2.05, 4.69) is 19.6 Å². The van der Waals surface area contributed by atoms with Crippen LogP contribution in [0.4, 0.5) is 4.79 Å². The van der Waals surface area contributed by atoms with Crippen LogP contribution in [0.25, 0.3) is 0 Å². The van der Waals surface area contributed by atoms with Crippen LogP contribution in [0.2, 0.25) is 0 Å². The van der Waals surface area contributed by atoms with Gasteiger partial charge in [0.2, 0.25) is 11.6 Å². The Morgan fingerprint density at radius 2 is 1.71 bits per heavy atom. The van der Waals surface area contributed by atoms with Gasteiger partial charge in [0.15, 0.2) is 0 Å². The molecule has 0 aromatic carbocycles. The average Bonchev–Trinajstić information content (AvgIpc) is 3.15. The van der Waals surface area contributed by atoms with Crippen LogP contribution < -0.4 is 5.73 Å². The minimum absolute atomic E-state index is 0.103. The van der Waals surface area contributed by atoms with Crippen LogP contribution in [0.15, 0.2) is 0 Å². The second kappa shape index (κ2) is 4.85. The normalized spacial score (nSPS) is 42.9. The van der Waals surface area contributed by atoms with Gasteiger partial charge in [-0.15, -0.1) is 0 Å². The molecule has 2 saturated carbocycles. The molecule has 2 saturated heterocycles. The van der Waals surface area contributed by atoms with Gasteiger partial charge < -0.3 is 20.3 Å². The first-order valence-corrected chi connectivity index (χ1v) is 8.19. The van der Waals surface area contributed by atoms with Crippen molar-refractivity contribution >= 4 is 6.09 Å². The van der Waals surface area contributed by atoms with Crippen LogP contribution in [-0.4, -0.2) is 22.8 Å². The molecule has 1 unspecified atom stereocenters. The highest BCUT2D eigenvalue weighted by Crippen LogP contribution is 2.81. The van der Waals surface area contributed by atoms with Crippen molar-refractivity contribution in [1.29, 1.82) is 0 Å². The summed E-state index contributed by atoms with van der Waals surface area (Å²) < 4.78 is 11.7. The molecule has 1 amide bonds. The van der Waals surface area contributed by atoms with Crippen molar-refractivity contribution in [2.24, 2.45) is 23.0 Å². The fourth-order valence-electron chi connectivity index (χ4n) is 4.80. The van der Waals surface area contributed by atoms with E-state index in [1.807, 2.05) is 0 Å². The summed E-state index contributed by atoms with van der Waals surface area (Å²) in [5, 5.41) is 7.19. The molecule has 5 heteroatoms. The molecule has 21 heavy (non-hydrogen) atoms. The third-order valence-corrected chi connectivity index (χ3v) is 5.67. The van der Waals surface area contributed by atoms with Crippen LogP contribution in [0, 0.1) is 17.3 Å². The Labute approximate surface area is 126 Å². The first-order chi connectivity index (χ1) is 9.80. The smallest absolute Gasteiger partial charge is 0.402 e. The Morgan fingerprint density at radius 1 is 1.14 bits per heavy atom. The van der Waals surface area contributed by atoms with E-state index in [4.69, 9.17) is 19.4 Å². The number of amides is 1. The topological polar surface area (TPSA) is 88.4 Å². The molecular formula is C16H27NO4. The summed E-state index contributed by atoms with van der Waals surface area (Å²) in [4.78, 5) is 8.78. The zero-order chi connectivity index (χ0) is 15.3. The van der Waals surface area contributed by atoms with Gasteiger partial charge in [-0.2, -0.15) is 0 Å². The van der Waals surface area contributed by atoms with Crippen molar-refractivity contribution in [1.82, 2.24) is 0 Å². The third-order valence-electron chi connectivity index (χ3n) is 5.67. The second-order valence-electron chi connectivity index (χ2n) is 7.81. The lowest BCUT2D eigenvalue weighted by atomic mass is 9.68. The third kappa shape index (κ3) is 2.55. The molecule has 0 aromatic rings. The lowest BCUT2D eigenvalue weighted by Gasteiger charge is -2.33. The van der Waals surface area contributed by atoms with Crippen molar-refractivity contribution in [2.45, 2.75) is 76.8 Å². The molecular weight excluding hydrogens is 270 g/mol. The Morgan fingerprint density at radius 3 is 2.24 bits per heavy atom. The molecule has 1 atom stereocenters. The number of carbonyl (C=O) groups is 1. The van der Waals surface area contributed by atoms with Gasteiger partial charge in [0.25, 0.3) is 0 Å². The summed E-state index contributed by atoms with van der Waals surface area (Å²) in [6.07, 6.45) is 9.89. The number of nitrogens with two attached hydrogens (primary N) is 1. The number of rotatable bonds is 2. The Hall–Kier alpha value is -0.810. The molecule has 2 aliphatic heterocycles. The number of epoxide rings is 2. The Bertz CT molecular complexity index is 418. The van der Waals surface area contributed by atoms with Crippen LogP contribution in [0.1, 0.15) is 65.2 Å². The monoisotopic (exact) mass is 297 g/mol. The fourth-order valence-corrected chi connectivity index (χ4v) is 4.80. The summed E-state index contributed by atoms with van der Waals surface area (Å²) in [5.41, 5.74) is 4.27. The number of ether oxygens (including phenoxy) is 2. The molecule has 120 valence electrons. The number of primary amides is 1. The maximum absolute atomic E-state index is 8.78. The summed E-state index contributed by atoms with van der Waals surface area (Å²) in [7, 11) is 0. The van der Waals surface area contributed by atoms with Gasteiger partial charge in [0.1, 0.15) is 0 Å². The molecule has 2 heterocycles. The predicted molar refractivity (Wildman–Crippen MR) is 77.5 cm³/mol. The van der Waals surface area contributed by atoms with E-state index < -0.39 is 6.09 Å². The zero-order valence-corrected chi connectivity index (χ0v) is 13.1. The molecule has 4 rings (SSSR count). The van der Waals surface area contributed by atoms with E-state index in [0.29, 0.717) is 0 Å². The fraction of sp³-hybridized carbons (Fsp3) is 0.938. The maximum atomic E-state index is 8.78. The average molecular weight is 297 g/mol. The molecule has 4 fully saturated rings. The molecule has 3 N–H and O–H groups in total. The van der Waals surface area contributed by atoms with Gasteiger partial charge in [-0.3, -0.25) is 0 Å². The molecule has 5 nitrogen and oxygen atoms in total. The van der Waals surface area contributed by atoms with Crippen LogP contribution in [0.5, 0.6) is 0 Å². The Balaban J connectivity index is 0.000000298. The molecule has 0 radical (unpaired) electrons. The van der Waals surface area contributed by atoms with Gasteiger partial charge >= 0.3 is 6.09 Å². The number of hydrogen-bond donors (Lipinski definition) is 2. The number of carboxylic acid groups (broad SMARTS) is 1. The highest BCUT2D eigenvalue weighted by atomic mass is 17.0. The van der Waals surface area contributed by atoms with E-state index >= 15 is 0 Å². The van der Waals surface area contributed by atoms with E-state index in [1.165, 1.54) is 51.4 Å². The predicted octanol–water partition coefficient (Wildman–Crippen LogP) is 3.47. The largest absolute Gasteiger partial charge is 0.465 e. The lowest BCUT2D eigenvalue weighted by molar-refractivity contribution is -0.127. The Kier molecular flexibility index (Phi) is 3.49. The summed E-state index contributed by atoms with van der Waals surface area (Å²) in [6.45, 7) is 4.66. The van der Waals surface area contributed by atoms with Gasteiger partial charge in [0.05, 0.1) is 0 Å². The highest BCUT2D eigenvalue weighted by molar-refractivity contribution is 5.61. The first kappa shape index (κ1) is 15.1. The molecule has 2 aliphatic carbocycles. The molecule has 0 aromatic heterocycles. The SMILES string of the molecule is CC1(C)CC(CC2CCCCC2)CC23OC12O3.NC(=O)O. The van der Waals surface area contributed by atoms with Gasteiger partial charge in [0, 0.05) is 11.8 Å². The second-order valence-corrected chi connectivity index (χ2v) is 7.81. The minimum Gasteiger partial charge on any atom is -0.465 e. The number of hydrogen-bond acceptors (Lipinski definition) is 3. The molecule has 0 spiro atoms. The van der Waals surface area contributed by atoms with Crippen molar-refractivity contribution in [3.05, 3.63) is 0 Å². The summed E-state index contributed by atoms with van der Waals surface area (Å²) in [5.74, 6) is 1.59. The zero-order valence-electron chi connectivity index (χ0n) is 13.1. The van der Waals surface area contributed by atoms with Crippen molar-refractivity contribution in [2.75, 3.05) is 0 Å². The van der Waals surface area contributed by atoms with E-state index in [0.717, 1.165) is 11.8 Å². The van der Waals surface area contributed by atoms with Crippen molar-refractivity contribution in [3.63, 3.8) is 0 Å². The van der Waals surface area contributed by atoms with Crippen molar-refractivity contribution in [3.8, 4) is 0 Å². The quantitative estimate of drug-likeness (QED) is 0.764. The lowest BCUT2D eigenvalue weighted by Crippen LogP contribution is -2.32. The van der Waals surface area contributed by atoms with Gasteiger partial charge in [-0.25, -0.2) is 4.79 Å². The standard InChI is InChI=1S/C15H24O2.CH3NO2/c1-13(2)9-12(8-11-6-4-3-5-7-11)10-14-15(13,16-14)17-14;2-1(3)4/h11-12H,3-10H2,1-2H3;2H2,(H,3,4). The van der Waals surface area contributed by atoms with Crippen LogP contribution >= 0.6 is 0 Å².